The minimum atomic E-state index is -0.269. The average Bonchev–Trinajstić information content (AvgIpc) is 3.22. The van der Waals surface area contributed by atoms with E-state index in [1.54, 1.807) is 16.8 Å². The maximum absolute atomic E-state index is 13.9. The highest BCUT2D eigenvalue weighted by molar-refractivity contribution is 5.76. The predicted molar refractivity (Wildman–Crippen MR) is 108 cm³/mol. The molecule has 2 saturated heterocycles. The molecule has 6 nitrogen and oxygen atoms in total. The zero-order chi connectivity index (χ0) is 20.1. The van der Waals surface area contributed by atoms with Gasteiger partial charge in [0, 0.05) is 37.8 Å². The Morgan fingerprint density at radius 1 is 1.14 bits per heavy atom. The van der Waals surface area contributed by atoms with Gasteiger partial charge in [0.15, 0.2) is 0 Å². The van der Waals surface area contributed by atoms with Crippen LogP contribution >= 0.6 is 0 Å². The van der Waals surface area contributed by atoms with Crippen LogP contribution in [0.2, 0.25) is 0 Å². The molecule has 156 valence electrons. The molecule has 2 fully saturated rings. The number of carbonyl (C=O) groups is 1. The Morgan fingerprint density at radius 3 is 2.66 bits per heavy atom. The first-order chi connectivity index (χ1) is 14.2. The van der Waals surface area contributed by atoms with Gasteiger partial charge in [-0.05, 0) is 50.4 Å². The number of likely N-dealkylation sites (tertiary alicyclic amines) is 1. The van der Waals surface area contributed by atoms with Crippen LogP contribution in [0.4, 0.5) is 4.39 Å². The number of benzene rings is 1. The maximum atomic E-state index is 13.9. The van der Waals surface area contributed by atoms with E-state index < -0.39 is 0 Å². The van der Waals surface area contributed by atoms with Crippen LogP contribution in [0.5, 0.6) is 0 Å². The number of rotatable bonds is 6. The lowest BCUT2D eigenvalue weighted by Gasteiger charge is -2.32. The number of hydrogen-bond donors (Lipinski definition) is 0. The number of morpholine rings is 1. The Morgan fingerprint density at radius 2 is 1.90 bits per heavy atom. The number of para-hydroxylation sites is 1. The van der Waals surface area contributed by atoms with E-state index in [1.807, 2.05) is 23.4 Å². The molecule has 1 aromatic heterocycles. The predicted octanol–water partition coefficient (Wildman–Crippen LogP) is 2.86. The average molecular weight is 400 g/mol. The Balaban J connectivity index is 1.21. The van der Waals surface area contributed by atoms with Crippen LogP contribution < -0.4 is 0 Å². The number of carbonyl (C=O) groups excluding carboxylic acids is 1. The molecule has 2 aliphatic rings. The summed E-state index contributed by atoms with van der Waals surface area (Å²) in [6.07, 6.45) is 7.61. The SMILES string of the molecule is O=C(CCC1CCN(Cc2cnn(-c3ccccc3F)c2)CC1)N1CCOCC1. The molecule has 0 bridgehead atoms. The molecule has 2 aliphatic heterocycles. The van der Waals surface area contributed by atoms with Gasteiger partial charge in [0.25, 0.3) is 0 Å². The number of piperidine rings is 1. The van der Waals surface area contributed by atoms with Gasteiger partial charge in [0.05, 0.1) is 19.4 Å². The van der Waals surface area contributed by atoms with Gasteiger partial charge in [-0.25, -0.2) is 9.07 Å². The second-order valence-corrected chi connectivity index (χ2v) is 8.00. The Bertz CT molecular complexity index is 811. The molecule has 4 rings (SSSR count). The van der Waals surface area contributed by atoms with Crippen LogP contribution in [0.3, 0.4) is 0 Å². The first kappa shape index (κ1) is 20.0. The summed E-state index contributed by atoms with van der Waals surface area (Å²) in [5.41, 5.74) is 1.57. The highest BCUT2D eigenvalue weighted by atomic mass is 19.1. The fraction of sp³-hybridized carbons (Fsp3) is 0.545. The van der Waals surface area contributed by atoms with Gasteiger partial charge in [0.1, 0.15) is 11.5 Å². The van der Waals surface area contributed by atoms with Crippen LogP contribution in [-0.4, -0.2) is 64.9 Å². The van der Waals surface area contributed by atoms with Gasteiger partial charge in [-0.3, -0.25) is 9.69 Å². The third kappa shape index (κ3) is 5.22. The lowest BCUT2D eigenvalue weighted by atomic mass is 9.92. The summed E-state index contributed by atoms with van der Waals surface area (Å²) in [4.78, 5) is 16.7. The van der Waals surface area contributed by atoms with Gasteiger partial charge >= 0.3 is 0 Å². The summed E-state index contributed by atoms with van der Waals surface area (Å²) < 4.78 is 20.8. The summed E-state index contributed by atoms with van der Waals surface area (Å²) in [5.74, 6) is 0.628. The van der Waals surface area contributed by atoms with Crippen molar-refractivity contribution in [2.24, 2.45) is 5.92 Å². The molecular formula is C22H29FN4O2. The number of halogens is 1. The van der Waals surface area contributed by atoms with Crippen LogP contribution in [0, 0.1) is 11.7 Å². The van der Waals surface area contributed by atoms with Gasteiger partial charge in [-0.1, -0.05) is 12.1 Å². The highest BCUT2D eigenvalue weighted by Gasteiger charge is 2.22. The molecule has 0 aliphatic carbocycles. The van der Waals surface area contributed by atoms with Crippen LogP contribution in [-0.2, 0) is 16.1 Å². The number of nitrogens with zero attached hydrogens (tertiary/aromatic N) is 4. The third-order valence-corrected chi connectivity index (χ3v) is 5.98. The van der Waals surface area contributed by atoms with E-state index in [1.165, 1.54) is 6.07 Å². The van der Waals surface area contributed by atoms with E-state index in [4.69, 9.17) is 4.74 Å². The molecule has 0 unspecified atom stereocenters. The maximum Gasteiger partial charge on any atom is 0.222 e. The summed E-state index contributed by atoms with van der Waals surface area (Å²) in [5, 5.41) is 4.32. The molecule has 0 spiro atoms. The van der Waals surface area contributed by atoms with Gasteiger partial charge in [0.2, 0.25) is 5.91 Å². The Labute approximate surface area is 171 Å². The molecule has 1 amide bonds. The van der Waals surface area contributed by atoms with E-state index in [0.29, 0.717) is 31.2 Å². The molecule has 2 aromatic rings. The monoisotopic (exact) mass is 400 g/mol. The lowest BCUT2D eigenvalue weighted by molar-refractivity contribution is -0.135. The molecule has 1 aromatic carbocycles. The van der Waals surface area contributed by atoms with Gasteiger partial charge < -0.3 is 9.64 Å². The van der Waals surface area contributed by atoms with Crippen molar-refractivity contribution in [3.63, 3.8) is 0 Å². The highest BCUT2D eigenvalue weighted by Crippen LogP contribution is 2.24. The summed E-state index contributed by atoms with van der Waals surface area (Å²) in [6, 6.07) is 6.68. The number of amides is 1. The van der Waals surface area contributed by atoms with Crippen LogP contribution in [0.1, 0.15) is 31.2 Å². The fourth-order valence-electron chi connectivity index (χ4n) is 4.20. The zero-order valence-corrected chi connectivity index (χ0v) is 16.8. The second-order valence-electron chi connectivity index (χ2n) is 8.00. The molecule has 29 heavy (non-hydrogen) atoms. The van der Waals surface area contributed by atoms with Gasteiger partial charge in [-0.2, -0.15) is 5.10 Å². The molecule has 0 radical (unpaired) electrons. The summed E-state index contributed by atoms with van der Waals surface area (Å²) >= 11 is 0. The van der Waals surface area contributed by atoms with E-state index in [0.717, 1.165) is 57.5 Å². The smallest absolute Gasteiger partial charge is 0.222 e. The van der Waals surface area contributed by atoms with E-state index in [9.17, 15) is 9.18 Å². The normalized spacial score (nSPS) is 18.9. The zero-order valence-electron chi connectivity index (χ0n) is 16.8. The van der Waals surface area contributed by atoms with Crippen LogP contribution in [0.15, 0.2) is 36.7 Å². The van der Waals surface area contributed by atoms with Gasteiger partial charge in [-0.15, -0.1) is 0 Å². The Hall–Kier alpha value is -2.25. The Kier molecular flexibility index (Phi) is 6.56. The first-order valence-corrected chi connectivity index (χ1v) is 10.6. The van der Waals surface area contributed by atoms with Crippen LogP contribution in [0.25, 0.3) is 5.69 Å². The number of ether oxygens (including phenoxy) is 1. The quantitative estimate of drug-likeness (QED) is 0.748. The second kappa shape index (κ2) is 9.50. The van der Waals surface area contributed by atoms with Crippen molar-refractivity contribution in [1.29, 1.82) is 0 Å². The van der Waals surface area contributed by atoms with Crippen molar-refractivity contribution in [3.8, 4) is 5.69 Å². The third-order valence-electron chi connectivity index (χ3n) is 5.98. The van der Waals surface area contributed by atoms with E-state index in [-0.39, 0.29) is 11.7 Å². The minimum absolute atomic E-state index is 0.269. The largest absolute Gasteiger partial charge is 0.378 e. The van der Waals surface area contributed by atoms with Crippen molar-refractivity contribution in [1.82, 2.24) is 19.6 Å². The summed E-state index contributed by atoms with van der Waals surface area (Å²) in [6.45, 7) is 5.68. The lowest BCUT2D eigenvalue weighted by Crippen LogP contribution is -2.41. The van der Waals surface area contributed by atoms with Crippen molar-refractivity contribution < 1.29 is 13.9 Å². The molecule has 0 atom stereocenters. The van der Waals surface area contributed by atoms with Crippen molar-refractivity contribution in [3.05, 3.63) is 48.0 Å². The molecule has 3 heterocycles. The standard InChI is InChI=1S/C22H29FN4O2/c23-20-3-1-2-4-21(20)27-17-19(15-24-27)16-25-9-7-18(8-10-25)5-6-22(28)26-11-13-29-14-12-26/h1-4,15,17-18H,5-14,16H2. The molecule has 7 heteroatoms. The number of hydrogen-bond acceptors (Lipinski definition) is 4. The fourth-order valence-corrected chi connectivity index (χ4v) is 4.20. The van der Waals surface area contributed by atoms with Crippen molar-refractivity contribution >= 4 is 5.91 Å². The van der Waals surface area contributed by atoms with Crippen molar-refractivity contribution in [2.45, 2.75) is 32.2 Å². The van der Waals surface area contributed by atoms with Crippen molar-refractivity contribution in [2.75, 3.05) is 39.4 Å². The molecule has 0 saturated carbocycles. The molecule has 0 N–H and O–H groups in total. The minimum Gasteiger partial charge on any atom is -0.378 e. The number of aromatic nitrogens is 2. The topological polar surface area (TPSA) is 50.6 Å². The van der Waals surface area contributed by atoms with E-state index in [2.05, 4.69) is 10.00 Å². The summed E-state index contributed by atoms with van der Waals surface area (Å²) in [7, 11) is 0. The van der Waals surface area contributed by atoms with E-state index >= 15 is 0 Å². The first-order valence-electron chi connectivity index (χ1n) is 10.6. The molecular weight excluding hydrogens is 371 g/mol.